The van der Waals surface area contributed by atoms with Gasteiger partial charge in [-0.15, -0.1) is 0 Å². The van der Waals surface area contributed by atoms with E-state index in [1.54, 1.807) is 31.2 Å². The van der Waals surface area contributed by atoms with Crippen molar-refractivity contribution in [1.29, 1.82) is 5.26 Å². The number of hydrogen-bond acceptors (Lipinski definition) is 4. The van der Waals surface area contributed by atoms with E-state index in [1.807, 2.05) is 11.0 Å². The van der Waals surface area contributed by atoms with Gasteiger partial charge in [0, 0.05) is 12.2 Å². The molecule has 0 aliphatic carbocycles. The van der Waals surface area contributed by atoms with Gasteiger partial charge in [0.05, 0.1) is 23.6 Å². The molecule has 6 heteroatoms. The molecular weight excluding hydrogens is 270 g/mol. The lowest BCUT2D eigenvalue weighted by Gasteiger charge is -2.19. The predicted molar refractivity (Wildman–Crippen MR) is 76.6 cm³/mol. The van der Waals surface area contributed by atoms with Gasteiger partial charge in [-0.1, -0.05) is 6.07 Å². The molecule has 1 aliphatic heterocycles. The first-order valence-corrected chi connectivity index (χ1v) is 6.69. The van der Waals surface area contributed by atoms with E-state index in [0.29, 0.717) is 30.8 Å². The van der Waals surface area contributed by atoms with Crippen molar-refractivity contribution in [3.8, 4) is 6.07 Å². The van der Waals surface area contributed by atoms with Crippen LogP contribution < -0.4 is 5.32 Å². The summed E-state index contributed by atoms with van der Waals surface area (Å²) in [6.45, 7) is 2.81. The number of nitrogens with zero attached hydrogens (tertiary/aromatic N) is 2. The van der Waals surface area contributed by atoms with Gasteiger partial charge >= 0.3 is 5.97 Å². The molecule has 1 fully saturated rings. The molecule has 0 aromatic heterocycles. The van der Waals surface area contributed by atoms with E-state index in [-0.39, 0.29) is 12.5 Å². The van der Waals surface area contributed by atoms with Gasteiger partial charge in [-0.3, -0.25) is 14.5 Å². The molecule has 2 N–H and O–H groups in total. The second-order valence-electron chi connectivity index (χ2n) is 5.57. The Kier molecular flexibility index (Phi) is 4.24. The minimum atomic E-state index is -0.827. The number of rotatable bonds is 4. The highest BCUT2D eigenvalue weighted by atomic mass is 16.4. The third kappa shape index (κ3) is 3.58. The molecule has 2 rings (SSSR count). The van der Waals surface area contributed by atoms with Crippen LogP contribution in [-0.2, 0) is 9.59 Å². The van der Waals surface area contributed by atoms with E-state index in [2.05, 4.69) is 5.32 Å². The molecule has 110 valence electrons. The zero-order chi connectivity index (χ0) is 15.5. The SMILES string of the molecule is CC1(C(=O)O)CCN(CC(=O)Nc2cccc(C#N)c2)C1. The number of aliphatic carboxylic acids is 1. The molecule has 1 unspecified atom stereocenters. The number of amides is 1. The van der Waals surface area contributed by atoms with Crippen LogP contribution in [0.25, 0.3) is 0 Å². The van der Waals surface area contributed by atoms with Gasteiger partial charge in [-0.25, -0.2) is 0 Å². The van der Waals surface area contributed by atoms with E-state index in [1.165, 1.54) is 0 Å². The van der Waals surface area contributed by atoms with Crippen molar-refractivity contribution >= 4 is 17.6 Å². The van der Waals surface area contributed by atoms with Crippen molar-refractivity contribution in [3.05, 3.63) is 29.8 Å². The van der Waals surface area contributed by atoms with Crippen molar-refractivity contribution in [1.82, 2.24) is 4.90 Å². The molecule has 1 saturated heterocycles. The largest absolute Gasteiger partial charge is 0.481 e. The Morgan fingerprint density at radius 2 is 2.29 bits per heavy atom. The number of carboxylic acid groups (broad SMARTS) is 1. The normalized spacial score (nSPS) is 21.7. The summed E-state index contributed by atoms with van der Waals surface area (Å²) in [5.41, 5.74) is 0.271. The van der Waals surface area contributed by atoms with Crippen LogP contribution in [0.3, 0.4) is 0 Å². The maximum Gasteiger partial charge on any atom is 0.310 e. The third-order valence-corrected chi connectivity index (χ3v) is 3.71. The van der Waals surface area contributed by atoms with Gasteiger partial charge in [0.25, 0.3) is 0 Å². The zero-order valence-corrected chi connectivity index (χ0v) is 11.8. The summed E-state index contributed by atoms with van der Waals surface area (Å²) in [6, 6.07) is 8.68. The predicted octanol–water partition coefficient (Wildman–Crippen LogP) is 1.29. The summed E-state index contributed by atoms with van der Waals surface area (Å²) in [6.07, 6.45) is 0.541. The minimum absolute atomic E-state index is 0.152. The van der Waals surface area contributed by atoms with E-state index < -0.39 is 11.4 Å². The Morgan fingerprint density at radius 3 is 2.90 bits per heavy atom. The van der Waals surface area contributed by atoms with Crippen LogP contribution in [0.1, 0.15) is 18.9 Å². The molecule has 0 bridgehead atoms. The fourth-order valence-corrected chi connectivity index (χ4v) is 2.44. The maximum absolute atomic E-state index is 12.0. The molecule has 21 heavy (non-hydrogen) atoms. The van der Waals surface area contributed by atoms with Gasteiger partial charge in [0.15, 0.2) is 0 Å². The molecule has 1 atom stereocenters. The second-order valence-corrected chi connectivity index (χ2v) is 5.57. The number of likely N-dealkylation sites (tertiary alicyclic amines) is 1. The highest BCUT2D eigenvalue weighted by Crippen LogP contribution is 2.29. The smallest absolute Gasteiger partial charge is 0.310 e. The van der Waals surface area contributed by atoms with Crippen molar-refractivity contribution in [2.45, 2.75) is 13.3 Å². The fraction of sp³-hybridized carbons (Fsp3) is 0.400. The number of carbonyl (C=O) groups excluding carboxylic acids is 1. The summed E-state index contributed by atoms with van der Waals surface area (Å²) >= 11 is 0. The zero-order valence-electron chi connectivity index (χ0n) is 11.8. The Hall–Kier alpha value is -2.39. The first-order chi connectivity index (χ1) is 9.93. The van der Waals surface area contributed by atoms with Crippen LogP contribution in [0.15, 0.2) is 24.3 Å². The molecule has 1 aromatic rings. The lowest BCUT2D eigenvalue weighted by molar-refractivity contribution is -0.147. The number of nitrogens with one attached hydrogen (secondary N) is 1. The topological polar surface area (TPSA) is 93.4 Å². The summed E-state index contributed by atoms with van der Waals surface area (Å²) in [7, 11) is 0. The second kappa shape index (κ2) is 5.94. The van der Waals surface area contributed by atoms with Crippen LogP contribution in [0, 0.1) is 16.7 Å². The van der Waals surface area contributed by atoms with Crippen LogP contribution in [-0.4, -0.2) is 41.5 Å². The average molecular weight is 287 g/mol. The number of anilines is 1. The molecule has 1 aromatic carbocycles. The molecule has 0 spiro atoms. The van der Waals surface area contributed by atoms with Gasteiger partial charge in [0.2, 0.25) is 5.91 Å². The first kappa shape index (κ1) is 15.0. The Bertz CT molecular complexity index is 608. The average Bonchev–Trinajstić information content (AvgIpc) is 2.81. The molecule has 1 heterocycles. The van der Waals surface area contributed by atoms with Crippen molar-refractivity contribution < 1.29 is 14.7 Å². The summed E-state index contributed by atoms with van der Waals surface area (Å²) in [4.78, 5) is 25.0. The lowest BCUT2D eigenvalue weighted by Crippen LogP contribution is -2.35. The lowest BCUT2D eigenvalue weighted by atomic mass is 9.90. The Morgan fingerprint density at radius 1 is 1.52 bits per heavy atom. The van der Waals surface area contributed by atoms with Gasteiger partial charge in [0.1, 0.15) is 0 Å². The fourth-order valence-electron chi connectivity index (χ4n) is 2.44. The summed E-state index contributed by atoms with van der Waals surface area (Å²) < 4.78 is 0. The summed E-state index contributed by atoms with van der Waals surface area (Å²) in [5.74, 6) is -1.04. The van der Waals surface area contributed by atoms with Crippen molar-refractivity contribution in [3.63, 3.8) is 0 Å². The minimum Gasteiger partial charge on any atom is -0.481 e. The summed E-state index contributed by atoms with van der Waals surface area (Å²) in [5, 5.41) is 20.7. The molecule has 1 amide bonds. The molecule has 1 aliphatic rings. The third-order valence-electron chi connectivity index (χ3n) is 3.71. The van der Waals surface area contributed by atoms with Crippen LogP contribution in [0.2, 0.25) is 0 Å². The highest BCUT2D eigenvalue weighted by Gasteiger charge is 2.40. The first-order valence-electron chi connectivity index (χ1n) is 6.69. The Labute approximate surface area is 123 Å². The van der Waals surface area contributed by atoms with Crippen molar-refractivity contribution in [2.75, 3.05) is 25.0 Å². The Balaban J connectivity index is 1.91. The number of hydrogen-bond donors (Lipinski definition) is 2. The quantitative estimate of drug-likeness (QED) is 0.870. The van der Waals surface area contributed by atoms with Crippen LogP contribution >= 0.6 is 0 Å². The van der Waals surface area contributed by atoms with E-state index in [9.17, 15) is 9.59 Å². The van der Waals surface area contributed by atoms with Crippen molar-refractivity contribution in [2.24, 2.45) is 5.41 Å². The number of benzene rings is 1. The molecule has 6 nitrogen and oxygen atoms in total. The van der Waals surface area contributed by atoms with Crippen LogP contribution in [0.5, 0.6) is 0 Å². The monoisotopic (exact) mass is 287 g/mol. The number of carboxylic acids is 1. The standard InChI is InChI=1S/C15H17N3O3/c1-15(14(20)21)5-6-18(10-15)9-13(19)17-12-4-2-3-11(7-12)8-16/h2-4,7H,5-6,9-10H2,1H3,(H,17,19)(H,20,21). The van der Waals surface area contributed by atoms with E-state index in [0.717, 1.165) is 0 Å². The van der Waals surface area contributed by atoms with Gasteiger partial charge in [-0.2, -0.15) is 5.26 Å². The molecular formula is C15H17N3O3. The molecule has 0 saturated carbocycles. The van der Waals surface area contributed by atoms with Gasteiger partial charge < -0.3 is 10.4 Å². The number of carbonyl (C=O) groups is 2. The van der Waals surface area contributed by atoms with Crippen LogP contribution in [0.4, 0.5) is 5.69 Å². The highest BCUT2D eigenvalue weighted by molar-refractivity contribution is 5.92. The maximum atomic E-state index is 12.0. The molecule has 0 radical (unpaired) electrons. The van der Waals surface area contributed by atoms with E-state index >= 15 is 0 Å². The van der Waals surface area contributed by atoms with E-state index in [4.69, 9.17) is 10.4 Å². The van der Waals surface area contributed by atoms with Gasteiger partial charge in [-0.05, 0) is 38.1 Å². The number of nitriles is 1.